The molecule has 1 aromatic carbocycles. The van der Waals surface area contributed by atoms with Gasteiger partial charge in [0.2, 0.25) is 10.0 Å². The topological polar surface area (TPSA) is 75.6 Å². The Labute approximate surface area is 119 Å². The molecule has 1 fully saturated rings. The van der Waals surface area contributed by atoms with Gasteiger partial charge >= 0.3 is 6.18 Å². The molecule has 0 amide bonds. The molecule has 0 heterocycles. The van der Waals surface area contributed by atoms with Gasteiger partial charge in [-0.05, 0) is 30.5 Å². The minimum atomic E-state index is -4.64. The molecule has 0 bridgehead atoms. The van der Waals surface area contributed by atoms with Gasteiger partial charge in [-0.15, -0.1) is 0 Å². The lowest BCUT2D eigenvalue weighted by Gasteiger charge is -2.21. The van der Waals surface area contributed by atoms with Crippen molar-refractivity contribution >= 4 is 10.0 Å². The van der Waals surface area contributed by atoms with Crippen LogP contribution in [0.15, 0.2) is 23.1 Å². The lowest BCUT2D eigenvalue weighted by molar-refractivity contribution is -0.160. The van der Waals surface area contributed by atoms with Crippen LogP contribution in [0, 0.1) is 0 Å². The summed E-state index contributed by atoms with van der Waals surface area (Å²) in [5.74, 6) is -0.118. The van der Waals surface area contributed by atoms with E-state index in [4.69, 9.17) is 9.84 Å². The third-order valence-electron chi connectivity index (χ3n) is 3.32. The minimum Gasteiger partial charge on any atom is -0.495 e. The van der Waals surface area contributed by atoms with Gasteiger partial charge < -0.3 is 9.84 Å². The summed E-state index contributed by atoms with van der Waals surface area (Å²) >= 11 is 0. The van der Waals surface area contributed by atoms with Crippen LogP contribution in [0.25, 0.3) is 0 Å². The zero-order chi connectivity index (χ0) is 15.9. The van der Waals surface area contributed by atoms with Crippen molar-refractivity contribution in [3.8, 4) is 5.75 Å². The van der Waals surface area contributed by atoms with Crippen molar-refractivity contribution in [3.05, 3.63) is 23.8 Å². The Morgan fingerprint density at radius 2 is 2.00 bits per heavy atom. The van der Waals surface area contributed by atoms with Crippen LogP contribution in [0.4, 0.5) is 13.2 Å². The second kappa shape index (κ2) is 5.15. The highest BCUT2D eigenvalue weighted by Crippen LogP contribution is 2.50. The predicted molar refractivity (Wildman–Crippen MR) is 67.3 cm³/mol. The summed E-state index contributed by atoms with van der Waals surface area (Å²) in [6, 6.07) is 3.69. The van der Waals surface area contributed by atoms with Gasteiger partial charge in [-0.2, -0.15) is 17.9 Å². The molecule has 0 unspecified atom stereocenters. The van der Waals surface area contributed by atoms with E-state index in [-0.39, 0.29) is 25.2 Å². The largest absolute Gasteiger partial charge is 0.495 e. The molecule has 0 aromatic heterocycles. The van der Waals surface area contributed by atoms with E-state index in [0.29, 0.717) is 5.56 Å². The zero-order valence-corrected chi connectivity index (χ0v) is 11.9. The van der Waals surface area contributed by atoms with Gasteiger partial charge in [-0.1, -0.05) is 6.07 Å². The molecule has 1 saturated carbocycles. The van der Waals surface area contributed by atoms with E-state index in [1.54, 1.807) is 4.72 Å². The summed E-state index contributed by atoms with van der Waals surface area (Å²) in [5, 5.41) is 8.98. The van der Waals surface area contributed by atoms with Crippen LogP contribution in [0.3, 0.4) is 0 Å². The van der Waals surface area contributed by atoms with Crippen molar-refractivity contribution in [3.63, 3.8) is 0 Å². The molecule has 1 aliphatic rings. The average molecular weight is 325 g/mol. The molecule has 1 aliphatic carbocycles. The molecule has 0 atom stereocenters. The molecule has 0 radical (unpaired) electrons. The highest BCUT2D eigenvalue weighted by atomic mass is 32.2. The second-order valence-corrected chi connectivity index (χ2v) is 6.48. The Balaban J connectivity index is 2.37. The molecule has 21 heavy (non-hydrogen) atoms. The molecule has 2 rings (SSSR count). The number of alkyl halides is 3. The number of aliphatic hydroxyl groups excluding tert-OH is 1. The first-order valence-electron chi connectivity index (χ1n) is 6.04. The zero-order valence-electron chi connectivity index (χ0n) is 11.1. The van der Waals surface area contributed by atoms with Crippen molar-refractivity contribution in [1.82, 2.24) is 4.72 Å². The van der Waals surface area contributed by atoms with Crippen LogP contribution >= 0.6 is 0 Å². The molecule has 2 N–H and O–H groups in total. The lowest BCUT2D eigenvalue weighted by atomic mass is 10.2. The molecule has 118 valence electrons. The third-order valence-corrected chi connectivity index (χ3v) is 4.90. The van der Waals surface area contributed by atoms with Crippen LogP contribution in [-0.4, -0.2) is 32.3 Å². The number of hydrogen-bond donors (Lipinski definition) is 2. The molecule has 0 saturated heterocycles. The number of methoxy groups -OCH3 is 1. The molecule has 1 aromatic rings. The van der Waals surface area contributed by atoms with E-state index in [2.05, 4.69) is 0 Å². The molecule has 9 heteroatoms. The van der Waals surface area contributed by atoms with Crippen molar-refractivity contribution in [2.75, 3.05) is 7.11 Å². The summed E-state index contributed by atoms with van der Waals surface area (Å²) in [6.45, 7) is -0.337. The normalized spacial score (nSPS) is 17.6. The van der Waals surface area contributed by atoms with Crippen molar-refractivity contribution in [2.24, 2.45) is 0 Å². The third kappa shape index (κ3) is 2.99. The van der Waals surface area contributed by atoms with Gasteiger partial charge in [-0.25, -0.2) is 8.42 Å². The van der Waals surface area contributed by atoms with E-state index >= 15 is 0 Å². The first-order chi connectivity index (χ1) is 9.65. The predicted octanol–water partition coefficient (Wildman–Crippen LogP) is 1.56. The van der Waals surface area contributed by atoms with Crippen LogP contribution in [0.5, 0.6) is 5.75 Å². The first kappa shape index (κ1) is 16.1. The van der Waals surface area contributed by atoms with Crippen LogP contribution in [-0.2, 0) is 16.6 Å². The first-order valence-corrected chi connectivity index (χ1v) is 7.52. The second-order valence-electron chi connectivity index (χ2n) is 4.83. The summed E-state index contributed by atoms with van der Waals surface area (Å²) in [7, 11) is -3.18. The Bertz CT molecular complexity index is 638. The fourth-order valence-electron chi connectivity index (χ4n) is 1.91. The number of ether oxygens (including phenoxy) is 1. The number of rotatable bonds is 5. The smallest absolute Gasteiger partial charge is 0.407 e. The summed E-state index contributed by atoms with van der Waals surface area (Å²) in [5.41, 5.74) is -1.99. The fourth-order valence-corrected chi connectivity index (χ4v) is 3.51. The highest BCUT2D eigenvalue weighted by molar-refractivity contribution is 7.89. The highest BCUT2D eigenvalue weighted by Gasteiger charge is 2.65. The summed E-state index contributed by atoms with van der Waals surface area (Å²) < 4.78 is 69.5. The van der Waals surface area contributed by atoms with E-state index in [1.807, 2.05) is 0 Å². The molecule has 0 aliphatic heterocycles. The van der Waals surface area contributed by atoms with Crippen LogP contribution < -0.4 is 9.46 Å². The number of nitrogens with one attached hydrogen (secondary N) is 1. The van der Waals surface area contributed by atoms with Crippen molar-refractivity contribution in [2.45, 2.75) is 36.1 Å². The monoisotopic (exact) mass is 325 g/mol. The van der Waals surface area contributed by atoms with Gasteiger partial charge in [-0.3, -0.25) is 0 Å². The summed E-state index contributed by atoms with van der Waals surface area (Å²) in [4.78, 5) is -0.391. The van der Waals surface area contributed by atoms with Gasteiger partial charge in [0.15, 0.2) is 0 Å². The number of halogens is 3. The van der Waals surface area contributed by atoms with E-state index in [9.17, 15) is 21.6 Å². The Morgan fingerprint density at radius 1 is 1.38 bits per heavy atom. The van der Waals surface area contributed by atoms with Crippen LogP contribution in [0.2, 0.25) is 0 Å². The van der Waals surface area contributed by atoms with Gasteiger partial charge in [0.05, 0.1) is 13.7 Å². The molecule has 5 nitrogen and oxygen atoms in total. The standard InChI is InChI=1S/C12H14F3NO4S/c1-20-9-6-8(7-17)2-3-10(9)21(18,19)16-11(4-5-11)12(13,14)15/h2-3,6,16-17H,4-5,7H2,1H3. The van der Waals surface area contributed by atoms with E-state index < -0.39 is 26.6 Å². The Morgan fingerprint density at radius 3 is 2.43 bits per heavy atom. The quantitative estimate of drug-likeness (QED) is 0.861. The summed E-state index contributed by atoms with van der Waals surface area (Å²) in [6.07, 6.45) is -5.21. The SMILES string of the molecule is COc1cc(CO)ccc1S(=O)(=O)NC1(C(F)(F)F)CC1. The van der Waals surface area contributed by atoms with Gasteiger partial charge in [0.1, 0.15) is 16.2 Å². The maximum Gasteiger partial charge on any atom is 0.407 e. The number of benzene rings is 1. The molecular formula is C12H14F3NO4S. The van der Waals surface area contributed by atoms with Crippen molar-refractivity contribution < 1.29 is 31.4 Å². The number of sulfonamides is 1. The fraction of sp³-hybridized carbons (Fsp3) is 0.500. The van der Waals surface area contributed by atoms with E-state index in [1.165, 1.54) is 19.2 Å². The Kier molecular flexibility index (Phi) is 3.94. The Hall–Kier alpha value is -1.32. The number of aliphatic hydroxyl groups is 1. The van der Waals surface area contributed by atoms with Crippen LogP contribution in [0.1, 0.15) is 18.4 Å². The average Bonchev–Trinajstić information content (AvgIpc) is 3.17. The molecule has 0 spiro atoms. The van der Waals surface area contributed by atoms with Gasteiger partial charge in [0.25, 0.3) is 0 Å². The molecular weight excluding hydrogens is 311 g/mol. The van der Waals surface area contributed by atoms with Crippen molar-refractivity contribution in [1.29, 1.82) is 0 Å². The lowest BCUT2D eigenvalue weighted by Crippen LogP contribution is -2.47. The maximum atomic E-state index is 12.9. The number of hydrogen-bond acceptors (Lipinski definition) is 4. The van der Waals surface area contributed by atoms with Gasteiger partial charge in [0, 0.05) is 0 Å². The van der Waals surface area contributed by atoms with E-state index in [0.717, 1.165) is 6.07 Å². The minimum absolute atomic E-state index is 0.118. The maximum absolute atomic E-state index is 12.9.